The molecule has 0 unspecified atom stereocenters. The minimum atomic E-state index is -0.250. The number of nitrogen functional groups attached to an aromatic ring is 1. The van der Waals surface area contributed by atoms with Gasteiger partial charge in [-0.05, 0) is 25.0 Å². The Kier molecular flexibility index (Phi) is 5.06. The Morgan fingerprint density at radius 2 is 2.14 bits per heavy atom. The molecule has 1 aliphatic carbocycles. The smallest absolute Gasteiger partial charge is 0.290 e. The van der Waals surface area contributed by atoms with Crippen molar-refractivity contribution in [1.29, 1.82) is 0 Å². The number of anilines is 3. The van der Waals surface area contributed by atoms with Crippen LogP contribution in [0.15, 0.2) is 36.8 Å². The zero-order valence-corrected chi connectivity index (χ0v) is 15.5. The summed E-state index contributed by atoms with van der Waals surface area (Å²) >= 11 is 0. The van der Waals surface area contributed by atoms with Gasteiger partial charge in [-0.3, -0.25) is 14.9 Å². The Labute approximate surface area is 165 Å². The van der Waals surface area contributed by atoms with E-state index in [1.807, 2.05) is 24.4 Å². The maximum absolute atomic E-state index is 8.36. The van der Waals surface area contributed by atoms with Crippen molar-refractivity contribution in [3.8, 4) is 0 Å². The zero-order valence-electron chi connectivity index (χ0n) is 15.5. The van der Waals surface area contributed by atoms with Crippen LogP contribution in [0.5, 0.6) is 0 Å². The van der Waals surface area contributed by atoms with Crippen molar-refractivity contribution in [3.63, 3.8) is 0 Å². The summed E-state index contributed by atoms with van der Waals surface area (Å²) < 4.78 is 0. The summed E-state index contributed by atoms with van der Waals surface area (Å²) in [6.07, 6.45) is 8.50. The number of nitrogens with two attached hydrogens (primary N) is 1. The molecule has 4 heterocycles. The second-order valence-electron chi connectivity index (χ2n) is 6.69. The lowest BCUT2D eigenvalue weighted by Crippen LogP contribution is -2.05. The van der Waals surface area contributed by atoms with Gasteiger partial charge >= 0.3 is 0 Å². The standard InChI is InChI=1S/C18H18N8.CH2O2/c19-18-22-9-11(7-15-12-3-5-20-13(12)4-6-21-15)17(24-18)23-16-8-14(25-26-16)10-1-2-10;2-1-3/h3-6,8-10,20H,1-2,7H2,(H4,19,22,23,24,25,26);1H,(H,2,3). The summed E-state index contributed by atoms with van der Waals surface area (Å²) in [4.78, 5) is 24.6. The van der Waals surface area contributed by atoms with Crippen molar-refractivity contribution in [1.82, 2.24) is 30.1 Å². The number of carbonyl (C=O) groups is 1. The van der Waals surface area contributed by atoms with Crippen LogP contribution in [0.1, 0.15) is 35.7 Å². The van der Waals surface area contributed by atoms with Crippen molar-refractivity contribution in [3.05, 3.63) is 53.7 Å². The highest BCUT2D eigenvalue weighted by Crippen LogP contribution is 2.39. The summed E-state index contributed by atoms with van der Waals surface area (Å²) in [6.45, 7) is -0.250. The normalized spacial score (nSPS) is 13.0. The molecule has 1 aliphatic rings. The first-order valence-electron chi connectivity index (χ1n) is 9.10. The second kappa shape index (κ2) is 7.97. The molecule has 0 radical (unpaired) electrons. The van der Waals surface area contributed by atoms with Crippen LogP contribution in [0, 0.1) is 0 Å². The van der Waals surface area contributed by atoms with Crippen LogP contribution in [0.2, 0.25) is 0 Å². The number of carboxylic acid groups (broad SMARTS) is 1. The molecular formula is C19H20N8O2. The van der Waals surface area contributed by atoms with E-state index in [9.17, 15) is 0 Å². The summed E-state index contributed by atoms with van der Waals surface area (Å²) in [5, 5.41) is 18.7. The van der Waals surface area contributed by atoms with Gasteiger partial charge in [0.05, 0.1) is 5.69 Å². The number of hydrogen-bond donors (Lipinski definition) is 5. The molecule has 148 valence electrons. The lowest BCUT2D eigenvalue weighted by Gasteiger charge is -2.10. The predicted molar refractivity (Wildman–Crippen MR) is 108 cm³/mol. The summed E-state index contributed by atoms with van der Waals surface area (Å²) in [5.41, 5.74) is 9.89. The van der Waals surface area contributed by atoms with Crippen LogP contribution in [0.25, 0.3) is 10.9 Å². The van der Waals surface area contributed by atoms with Crippen LogP contribution >= 0.6 is 0 Å². The second-order valence-corrected chi connectivity index (χ2v) is 6.69. The van der Waals surface area contributed by atoms with Gasteiger partial charge in [0.15, 0.2) is 5.82 Å². The minimum absolute atomic E-state index is 0.224. The molecule has 29 heavy (non-hydrogen) atoms. The SMILES string of the molecule is Nc1ncc(Cc2nccc3[nH]ccc23)c(Nc2cc(C3CC3)[nH]n2)n1.O=CO. The summed E-state index contributed by atoms with van der Waals surface area (Å²) in [5.74, 6) is 2.23. The van der Waals surface area contributed by atoms with E-state index in [1.54, 1.807) is 12.4 Å². The zero-order chi connectivity index (χ0) is 20.2. The van der Waals surface area contributed by atoms with Crippen LogP contribution in [0.4, 0.5) is 17.6 Å². The number of aromatic nitrogens is 6. The number of nitrogens with zero attached hydrogens (tertiary/aromatic N) is 4. The van der Waals surface area contributed by atoms with Gasteiger partial charge in [0.25, 0.3) is 6.47 Å². The molecule has 0 atom stereocenters. The van der Waals surface area contributed by atoms with Crippen LogP contribution in [0.3, 0.4) is 0 Å². The van der Waals surface area contributed by atoms with Crippen molar-refractivity contribution in [2.45, 2.75) is 25.2 Å². The Balaban J connectivity index is 0.000000645. The van der Waals surface area contributed by atoms with E-state index in [-0.39, 0.29) is 12.4 Å². The first-order valence-corrected chi connectivity index (χ1v) is 9.10. The first kappa shape index (κ1) is 18.4. The molecule has 5 rings (SSSR count). The topological polar surface area (TPSA) is 158 Å². The van der Waals surface area contributed by atoms with Gasteiger partial charge in [-0.15, -0.1) is 0 Å². The Morgan fingerprint density at radius 3 is 2.93 bits per heavy atom. The van der Waals surface area contributed by atoms with E-state index in [4.69, 9.17) is 15.6 Å². The highest BCUT2D eigenvalue weighted by atomic mass is 16.3. The number of rotatable bonds is 5. The predicted octanol–water partition coefficient (Wildman–Crippen LogP) is 2.57. The lowest BCUT2D eigenvalue weighted by atomic mass is 10.1. The molecule has 6 N–H and O–H groups in total. The maximum Gasteiger partial charge on any atom is 0.290 e. The molecule has 0 amide bonds. The number of H-pyrrole nitrogens is 2. The van der Waals surface area contributed by atoms with Crippen LogP contribution in [-0.2, 0) is 11.2 Å². The third kappa shape index (κ3) is 4.15. The average molecular weight is 392 g/mol. The molecule has 0 spiro atoms. The largest absolute Gasteiger partial charge is 0.483 e. The fraction of sp³-hybridized carbons (Fsp3) is 0.211. The van der Waals surface area contributed by atoms with E-state index in [1.165, 1.54) is 12.8 Å². The highest BCUT2D eigenvalue weighted by molar-refractivity contribution is 5.81. The first-order chi connectivity index (χ1) is 14.2. The molecule has 0 saturated heterocycles. The van der Waals surface area contributed by atoms with Gasteiger partial charge in [0, 0.05) is 59.2 Å². The molecule has 1 fully saturated rings. The van der Waals surface area contributed by atoms with Gasteiger partial charge in [-0.1, -0.05) is 0 Å². The van der Waals surface area contributed by atoms with Gasteiger partial charge < -0.3 is 21.1 Å². The molecule has 0 aliphatic heterocycles. The molecule has 1 saturated carbocycles. The molecule has 4 aromatic heterocycles. The van der Waals surface area contributed by atoms with E-state index in [0.29, 0.717) is 18.2 Å². The Morgan fingerprint density at radius 1 is 1.31 bits per heavy atom. The number of hydrogen-bond acceptors (Lipinski definition) is 7. The van der Waals surface area contributed by atoms with Gasteiger partial charge in [-0.2, -0.15) is 10.1 Å². The maximum atomic E-state index is 8.36. The van der Waals surface area contributed by atoms with Crippen molar-refractivity contribution in [2.75, 3.05) is 11.1 Å². The van der Waals surface area contributed by atoms with E-state index in [2.05, 4.69) is 35.5 Å². The molecule has 0 aromatic carbocycles. The van der Waals surface area contributed by atoms with Crippen LogP contribution < -0.4 is 11.1 Å². The fourth-order valence-corrected chi connectivity index (χ4v) is 3.15. The number of fused-ring (bicyclic) bond motifs is 1. The monoisotopic (exact) mass is 392 g/mol. The summed E-state index contributed by atoms with van der Waals surface area (Å²) in [6, 6.07) is 6.02. The lowest BCUT2D eigenvalue weighted by molar-refractivity contribution is -0.122. The minimum Gasteiger partial charge on any atom is -0.483 e. The van der Waals surface area contributed by atoms with Crippen LogP contribution in [-0.4, -0.2) is 41.7 Å². The Hall–Kier alpha value is -3.95. The molecule has 10 nitrogen and oxygen atoms in total. The van der Waals surface area contributed by atoms with Gasteiger partial charge in [0.2, 0.25) is 5.95 Å². The number of nitrogens with one attached hydrogen (secondary N) is 3. The molecule has 0 bridgehead atoms. The Bertz CT molecular complexity index is 1130. The number of aromatic amines is 2. The van der Waals surface area contributed by atoms with Crippen molar-refractivity contribution in [2.24, 2.45) is 0 Å². The van der Waals surface area contributed by atoms with E-state index < -0.39 is 0 Å². The summed E-state index contributed by atoms with van der Waals surface area (Å²) in [7, 11) is 0. The van der Waals surface area contributed by atoms with E-state index >= 15 is 0 Å². The third-order valence-electron chi connectivity index (χ3n) is 4.66. The van der Waals surface area contributed by atoms with Gasteiger partial charge in [-0.25, -0.2) is 4.98 Å². The van der Waals surface area contributed by atoms with E-state index in [0.717, 1.165) is 33.7 Å². The number of pyridine rings is 1. The molecule has 4 aromatic rings. The average Bonchev–Trinajstić information content (AvgIpc) is 3.25. The molecular weight excluding hydrogens is 372 g/mol. The van der Waals surface area contributed by atoms with Gasteiger partial charge in [0.1, 0.15) is 5.82 Å². The third-order valence-corrected chi connectivity index (χ3v) is 4.66. The quantitative estimate of drug-likeness (QED) is 0.324. The molecule has 10 heteroatoms. The highest BCUT2D eigenvalue weighted by Gasteiger charge is 2.25. The van der Waals surface area contributed by atoms with Crippen molar-refractivity contribution < 1.29 is 9.90 Å². The van der Waals surface area contributed by atoms with Crippen molar-refractivity contribution >= 4 is 35.0 Å². The fourth-order valence-electron chi connectivity index (χ4n) is 3.15.